The van der Waals surface area contributed by atoms with Crippen molar-refractivity contribution in [3.05, 3.63) is 41.7 Å². The summed E-state index contributed by atoms with van der Waals surface area (Å²) in [5.74, 6) is -0.229. The second kappa shape index (κ2) is 6.02. The van der Waals surface area contributed by atoms with Crippen LogP contribution in [0.5, 0.6) is 0 Å². The van der Waals surface area contributed by atoms with Crippen LogP contribution in [0, 0.1) is 24.7 Å². The highest BCUT2D eigenvalue weighted by atomic mass is 16.4. The van der Waals surface area contributed by atoms with E-state index in [1.165, 1.54) is 0 Å². The van der Waals surface area contributed by atoms with Crippen molar-refractivity contribution in [2.45, 2.75) is 19.8 Å². The maximum Gasteiger partial charge on any atom is 0.308 e. The molecule has 2 atom stereocenters. The van der Waals surface area contributed by atoms with E-state index in [0.717, 1.165) is 18.4 Å². The first kappa shape index (κ1) is 15.9. The summed E-state index contributed by atoms with van der Waals surface area (Å²) in [6.45, 7) is 2.63. The molecular formula is C19H21N3O3. The Labute approximate surface area is 145 Å². The van der Waals surface area contributed by atoms with Gasteiger partial charge in [0.25, 0.3) is 5.91 Å². The predicted octanol–water partition coefficient (Wildman–Crippen LogP) is 2.57. The van der Waals surface area contributed by atoms with Crippen molar-refractivity contribution in [3.63, 3.8) is 0 Å². The van der Waals surface area contributed by atoms with Gasteiger partial charge >= 0.3 is 5.97 Å². The van der Waals surface area contributed by atoms with Crippen LogP contribution in [0.15, 0.2) is 30.3 Å². The van der Waals surface area contributed by atoms with E-state index in [2.05, 4.69) is 9.97 Å². The number of aromatic amines is 1. The number of hydrogen-bond donors (Lipinski definition) is 2. The van der Waals surface area contributed by atoms with Gasteiger partial charge < -0.3 is 15.0 Å². The molecule has 6 heteroatoms. The summed E-state index contributed by atoms with van der Waals surface area (Å²) < 4.78 is 0. The van der Waals surface area contributed by atoms with Gasteiger partial charge in [-0.25, -0.2) is 4.98 Å². The van der Waals surface area contributed by atoms with E-state index in [1.54, 1.807) is 4.90 Å². The van der Waals surface area contributed by atoms with Crippen LogP contribution in [0.25, 0.3) is 11.4 Å². The van der Waals surface area contributed by atoms with Crippen molar-refractivity contribution in [1.29, 1.82) is 0 Å². The number of aliphatic carboxylic acids is 1. The summed E-state index contributed by atoms with van der Waals surface area (Å²) in [5, 5.41) is 9.48. The third-order valence-corrected chi connectivity index (χ3v) is 5.33. The van der Waals surface area contributed by atoms with Crippen LogP contribution in [-0.4, -0.2) is 44.9 Å². The Hall–Kier alpha value is -2.63. The van der Waals surface area contributed by atoms with Crippen molar-refractivity contribution in [2.75, 3.05) is 13.1 Å². The zero-order valence-electron chi connectivity index (χ0n) is 14.1. The summed E-state index contributed by atoms with van der Waals surface area (Å²) in [6.07, 6.45) is 2.16. The average molecular weight is 339 g/mol. The lowest BCUT2D eigenvalue weighted by atomic mass is 9.92. The summed E-state index contributed by atoms with van der Waals surface area (Å²) in [4.78, 5) is 33.8. The number of carboxylic acid groups (broad SMARTS) is 1. The molecule has 1 aliphatic carbocycles. The minimum absolute atomic E-state index is 0.0780. The van der Waals surface area contributed by atoms with Gasteiger partial charge in [-0.3, -0.25) is 9.59 Å². The highest BCUT2D eigenvalue weighted by Crippen LogP contribution is 2.44. The zero-order valence-corrected chi connectivity index (χ0v) is 14.1. The Bertz CT molecular complexity index is 811. The number of amides is 1. The second-order valence-corrected chi connectivity index (χ2v) is 7.08. The monoisotopic (exact) mass is 339 g/mol. The molecular weight excluding hydrogens is 318 g/mol. The first-order valence-corrected chi connectivity index (χ1v) is 8.68. The lowest BCUT2D eigenvalue weighted by Gasteiger charge is -2.15. The fraction of sp³-hybridized carbons (Fsp3) is 0.421. The highest BCUT2D eigenvalue weighted by molar-refractivity contribution is 5.94. The largest absolute Gasteiger partial charge is 0.481 e. The molecule has 1 saturated carbocycles. The maximum absolute atomic E-state index is 12.9. The molecule has 1 saturated heterocycles. The van der Waals surface area contributed by atoms with Crippen LogP contribution in [0.3, 0.4) is 0 Å². The van der Waals surface area contributed by atoms with E-state index < -0.39 is 11.9 Å². The van der Waals surface area contributed by atoms with Gasteiger partial charge in [-0.2, -0.15) is 0 Å². The Balaban J connectivity index is 1.57. The van der Waals surface area contributed by atoms with E-state index in [9.17, 15) is 14.7 Å². The molecule has 0 bridgehead atoms. The van der Waals surface area contributed by atoms with Gasteiger partial charge in [-0.15, -0.1) is 0 Å². The van der Waals surface area contributed by atoms with Crippen molar-refractivity contribution < 1.29 is 14.7 Å². The number of carboxylic acids is 1. The molecule has 2 heterocycles. The van der Waals surface area contributed by atoms with E-state index in [0.29, 0.717) is 29.7 Å². The molecule has 1 aromatic heterocycles. The number of carbonyl (C=O) groups excluding carboxylic acids is 1. The van der Waals surface area contributed by atoms with Crippen LogP contribution >= 0.6 is 0 Å². The summed E-state index contributed by atoms with van der Waals surface area (Å²) in [6, 6.07) is 9.65. The first-order chi connectivity index (χ1) is 12.0. The minimum atomic E-state index is -0.795. The van der Waals surface area contributed by atoms with Gasteiger partial charge in [0, 0.05) is 24.3 Å². The number of hydrogen-bond acceptors (Lipinski definition) is 3. The smallest absolute Gasteiger partial charge is 0.308 e. The number of aryl methyl sites for hydroxylation is 1. The van der Waals surface area contributed by atoms with E-state index in [4.69, 9.17) is 0 Å². The fourth-order valence-electron chi connectivity index (χ4n) is 3.81. The zero-order chi connectivity index (χ0) is 17.6. The van der Waals surface area contributed by atoms with E-state index >= 15 is 0 Å². The maximum atomic E-state index is 12.9. The standard InChI is InChI=1S/C19H21N3O3/c1-11-16(21-17(20-11)13-5-3-2-4-6-13)18(23)22-9-14(12-7-8-12)15(10-22)19(24)25/h2-6,12,14-15H,7-10H2,1H3,(H,20,21)(H,24,25)/t14-,15+/m1/s1. The normalized spacial score (nSPS) is 23.0. The van der Waals surface area contributed by atoms with Crippen LogP contribution in [0.4, 0.5) is 0 Å². The second-order valence-electron chi connectivity index (χ2n) is 7.08. The molecule has 0 radical (unpaired) electrons. The molecule has 1 aliphatic heterocycles. The third kappa shape index (κ3) is 2.92. The van der Waals surface area contributed by atoms with Gasteiger partial charge in [0.15, 0.2) is 0 Å². The number of carbonyl (C=O) groups is 2. The van der Waals surface area contributed by atoms with Crippen molar-refractivity contribution in [3.8, 4) is 11.4 Å². The molecule has 25 heavy (non-hydrogen) atoms. The number of nitrogens with one attached hydrogen (secondary N) is 1. The topological polar surface area (TPSA) is 86.3 Å². The number of likely N-dealkylation sites (tertiary alicyclic amines) is 1. The fourth-order valence-corrected chi connectivity index (χ4v) is 3.81. The first-order valence-electron chi connectivity index (χ1n) is 8.68. The lowest BCUT2D eigenvalue weighted by Crippen LogP contribution is -2.30. The summed E-state index contributed by atoms with van der Waals surface area (Å²) in [7, 11) is 0. The van der Waals surface area contributed by atoms with Crippen molar-refractivity contribution >= 4 is 11.9 Å². The lowest BCUT2D eigenvalue weighted by molar-refractivity contribution is -0.142. The Morgan fingerprint density at radius 2 is 1.92 bits per heavy atom. The number of H-pyrrole nitrogens is 1. The molecule has 2 aliphatic rings. The number of aromatic nitrogens is 2. The van der Waals surface area contributed by atoms with Gasteiger partial charge in [0.1, 0.15) is 11.5 Å². The summed E-state index contributed by atoms with van der Waals surface area (Å²) in [5.41, 5.74) is 2.02. The molecule has 2 fully saturated rings. The van der Waals surface area contributed by atoms with Gasteiger partial charge in [0.2, 0.25) is 0 Å². The van der Waals surface area contributed by atoms with Crippen molar-refractivity contribution in [2.24, 2.45) is 17.8 Å². The Morgan fingerprint density at radius 3 is 2.56 bits per heavy atom. The van der Waals surface area contributed by atoms with Gasteiger partial charge in [-0.05, 0) is 31.6 Å². The minimum Gasteiger partial charge on any atom is -0.481 e. The van der Waals surface area contributed by atoms with Crippen molar-refractivity contribution in [1.82, 2.24) is 14.9 Å². The predicted molar refractivity (Wildman–Crippen MR) is 92.0 cm³/mol. The average Bonchev–Trinajstić information content (AvgIpc) is 3.23. The highest BCUT2D eigenvalue weighted by Gasteiger charge is 2.47. The number of benzene rings is 1. The molecule has 0 spiro atoms. The molecule has 2 aromatic rings. The van der Waals surface area contributed by atoms with Crippen LogP contribution in [-0.2, 0) is 4.79 Å². The number of nitrogens with zero attached hydrogens (tertiary/aromatic N) is 2. The van der Waals surface area contributed by atoms with E-state index in [1.807, 2.05) is 37.3 Å². The van der Waals surface area contributed by atoms with E-state index in [-0.39, 0.29) is 18.4 Å². The third-order valence-electron chi connectivity index (χ3n) is 5.33. The molecule has 6 nitrogen and oxygen atoms in total. The SMILES string of the molecule is Cc1[nH]c(-c2ccccc2)nc1C(=O)N1C[C@H](C(=O)O)[C@@H](C2CC2)C1. The number of rotatable bonds is 4. The molecule has 0 unspecified atom stereocenters. The molecule has 1 aromatic carbocycles. The quantitative estimate of drug-likeness (QED) is 0.896. The van der Waals surface area contributed by atoms with Crippen LogP contribution in [0.1, 0.15) is 29.0 Å². The number of imidazole rings is 1. The Morgan fingerprint density at radius 1 is 1.20 bits per heavy atom. The van der Waals surface area contributed by atoms with Crippen LogP contribution < -0.4 is 0 Å². The van der Waals surface area contributed by atoms with Gasteiger partial charge in [-0.1, -0.05) is 30.3 Å². The Kier molecular flexibility index (Phi) is 3.82. The molecule has 4 rings (SSSR count). The van der Waals surface area contributed by atoms with Crippen LogP contribution in [0.2, 0.25) is 0 Å². The van der Waals surface area contributed by atoms with Gasteiger partial charge in [0.05, 0.1) is 5.92 Å². The molecule has 2 N–H and O–H groups in total. The molecule has 130 valence electrons. The molecule has 1 amide bonds. The summed E-state index contributed by atoms with van der Waals surface area (Å²) >= 11 is 0.